The Balaban J connectivity index is 2.29. The molecule has 0 N–H and O–H groups in total. The van der Waals surface area contributed by atoms with E-state index < -0.39 is 0 Å². The van der Waals surface area contributed by atoms with E-state index in [1.165, 1.54) is 19.3 Å². The van der Waals surface area contributed by atoms with Crippen molar-refractivity contribution in [2.75, 3.05) is 0 Å². The van der Waals surface area contributed by atoms with Crippen LogP contribution in [0.25, 0.3) is 0 Å². The first-order chi connectivity index (χ1) is 4.27. The highest BCUT2D eigenvalue weighted by Gasteiger charge is 2.32. The van der Waals surface area contributed by atoms with Crippen LogP contribution in [0.2, 0.25) is 0 Å². The lowest BCUT2D eigenvalue weighted by atomic mass is 9.65. The zero-order valence-electron chi connectivity index (χ0n) is 6.28. The fourth-order valence-electron chi connectivity index (χ4n) is 2.15. The van der Waals surface area contributed by atoms with Crippen LogP contribution in [-0.4, -0.2) is 0 Å². The molecule has 1 fully saturated rings. The van der Waals surface area contributed by atoms with Gasteiger partial charge in [0, 0.05) is 0 Å². The van der Waals surface area contributed by atoms with E-state index in [9.17, 15) is 0 Å². The van der Waals surface area contributed by atoms with E-state index in [0.717, 1.165) is 11.8 Å². The maximum absolute atomic E-state index is 2.36. The third-order valence-corrected chi connectivity index (χ3v) is 3.05. The van der Waals surface area contributed by atoms with Crippen LogP contribution >= 0.6 is 0 Å². The third-order valence-electron chi connectivity index (χ3n) is 3.05. The number of fused-ring (bicyclic) bond motifs is 2. The fourth-order valence-corrected chi connectivity index (χ4v) is 2.15. The molecule has 0 nitrogen and oxygen atoms in total. The molecule has 0 heteroatoms. The van der Waals surface area contributed by atoms with E-state index in [0.29, 0.717) is 0 Å². The standard InChI is InChI=1S/C9H14/c1-6-3-8-4-9(5-8)7(6)2/h6,8H,3-5H2,1-2H3. The van der Waals surface area contributed by atoms with E-state index in [2.05, 4.69) is 13.8 Å². The van der Waals surface area contributed by atoms with E-state index in [4.69, 9.17) is 0 Å². The molecular formula is C9H14. The van der Waals surface area contributed by atoms with E-state index >= 15 is 0 Å². The Bertz CT molecular complexity index is 157. The molecule has 0 aromatic heterocycles. The Kier molecular flexibility index (Phi) is 0.992. The van der Waals surface area contributed by atoms with E-state index in [1.807, 2.05) is 0 Å². The minimum absolute atomic E-state index is 0.910. The lowest BCUT2D eigenvalue weighted by molar-refractivity contribution is 0.302. The maximum Gasteiger partial charge on any atom is -0.0229 e. The van der Waals surface area contributed by atoms with Crippen molar-refractivity contribution in [3.8, 4) is 0 Å². The lowest BCUT2D eigenvalue weighted by Crippen LogP contribution is -2.26. The minimum Gasteiger partial charge on any atom is -0.0713 e. The topological polar surface area (TPSA) is 0 Å². The summed E-state index contributed by atoms with van der Waals surface area (Å²) in [7, 11) is 0. The molecule has 0 heterocycles. The minimum atomic E-state index is 0.910. The van der Waals surface area contributed by atoms with Gasteiger partial charge in [0.15, 0.2) is 0 Å². The molecule has 50 valence electrons. The van der Waals surface area contributed by atoms with Gasteiger partial charge < -0.3 is 0 Å². The molecule has 3 rings (SSSR count). The Hall–Kier alpha value is -0.260. The average molecular weight is 122 g/mol. The highest BCUT2D eigenvalue weighted by atomic mass is 14.4. The number of hydrogen-bond acceptors (Lipinski definition) is 0. The van der Waals surface area contributed by atoms with Crippen molar-refractivity contribution in [3.05, 3.63) is 11.1 Å². The first-order valence-electron chi connectivity index (χ1n) is 3.96. The number of hydrogen-bond donors (Lipinski definition) is 0. The molecular weight excluding hydrogens is 108 g/mol. The zero-order chi connectivity index (χ0) is 6.43. The average Bonchev–Trinajstić information content (AvgIpc) is 1.72. The predicted octanol–water partition coefficient (Wildman–Crippen LogP) is 2.75. The molecule has 0 aliphatic heterocycles. The van der Waals surface area contributed by atoms with Crippen molar-refractivity contribution in [3.63, 3.8) is 0 Å². The van der Waals surface area contributed by atoms with Crippen LogP contribution in [0.1, 0.15) is 33.1 Å². The molecule has 3 aliphatic carbocycles. The van der Waals surface area contributed by atoms with Crippen molar-refractivity contribution in [2.45, 2.75) is 33.1 Å². The van der Waals surface area contributed by atoms with Gasteiger partial charge in [-0.3, -0.25) is 0 Å². The van der Waals surface area contributed by atoms with Gasteiger partial charge in [-0.05, 0) is 38.0 Å². The molecule has 0 radical (unpaired) electrons. The summed E-state index contributed by atoms with van der Waals surface area (Å²) in [6.07, 6.45) is 4.35. The summed E-state index contributed by atoms with van der Waals surface area (Å²) < 4.78 is 0. The highest BCUT2D eigenvalue weighted by Crippen LogP contribution is 2.47. The number of rotatable bonds is 0. The molecule has 0 saturated heterocycles. The zero-order valence-corrected chi connectivity index (χ0v) is 6.28. The normalized spacial score (nSPS) is 40.7. The summed E-state index contributed by atoms with van der Waals surface area (Å²) >= 11 is 0. The van der Waals surface area contributed by atoms with Crippen LogP contribution in [0, 0.1) is 11.8 Å². The molecule has 0 amide bonds. The van der Waals surface area contributed by atoms with Gasteiger partial charge in [0.25, 0.3) is 0 Å². The molecule has 1 saturated carbocycles. The molecule has 9 heavy (non-hydrogen) atoms. The molecule has 1 unspecified atom stereocenters. The van der Waals surface area contributed by atoms with Gasteiger partial charge in [0.1, 0.15) is 0 Å². The SMILES string of the molecule is CC1=C2CC(C2)CC1C. The largest absolute Gasteiger partial charge is 0.0713 e. The maximum atomic E-state index is 2.36. The van der Waals surface area contributed by atoms with Gasteiger partial charge in [0.2, 0.25) is 0 Å². The van der Waals surface area contributed by atoms with Gasteiger partial charge in [-0.15, -0.1) is 0 Å². The van der Waals surface area contributed by atoms with Crippen LogP contribution in [0.5, 0.6) is 0 Å². The molecule has 1 atom stereocenters. The summed E-state index contributed by atoms with van der Waals surface area (Å²) in [4.78, 5) is 0. The molecule has 0 aromatic carbocycles. The Morgan fingerprint density at radius 2 is 2.00 bits per heavy atom. The predicted molar refractivity (Wildman–Crippen MR) is 39.2 cm³/mol. The third kappa shape index (κ3) is 0.654. The Labute approximate surface area is 57.0 Å². The lowest BCUT2D eigenvalue weighted by Gasteiger charge is -2.40. The first-order valence-corrected chi connectivity index (χ1v) is 3.96. The van der Waals surface area contributed by atoms with Crippen molar-refractivity contribution >= 4 is 0 Å². The summed E-state index contributed by atoms with van der Waals surface area (Å²) in [6, 6.07) is 0. The fraction of sp³-hybridized carbons (Fsp3) is 0.778. The molecule has 3 aliphatic rings. The van der Waals surface area contributed by atoms with Gasteiger partial charge in [-0.2, -0.15) is 0 Å². The summed E-state index contributed by atoms with van der Waals surface area (Å²) in [5.74, 6) is 1.99. The van der Waals surface area contributed by atoms with Gasteiger partial charge in [-0.1, -0.05) is 18.1 Å². The molecule has 0 aromatic rings. The smallest absolute Gasteiger partial charge is 0.0229 e. The van der Waals surface area contributed by atoms with Crippen LogP contribution in [0.15, 0.2) is 11.1 Å². The van der Waals surface area contributed by atoms with Gasteiger partial charge in [-0.25, -0.2) is 0 Å². The second-order valence-corrected chi connectivity index (χ2v) is 3.70. The number of allylic oxidation sites excluding steroid dienone is 2. The first kappa shape index (κ1) is 5.52. The summed E-state index contributed by atoms with van der Waals surface area (Å²) in [5, 5.41) is 0. The van der Waals surface area contributed by atoms with Crippen molar-refractivity contribution in [2.24, 2.45) is 11.8 Å². The van der Waals surface area contributed by atoms with Crippen LogP contribution < -0.4 is 0 Å². The van der Waals surface area contributed by atoms with Crippen LogP contribution in [0.3, 0.4) is 0 Å². The second kappa shape index (κ2) is 1.62. The van der Waals surface area contributed by atoms with Crippen molar-refractivity contribution < 1.29 is 0 Å². The highest BCUT2D eigenvalue weighted by molar-refractivity contribution is 5.26. The molecule has 0 spiro atoms. The van der Waals surface area contributed by atoms with E-state index in [-0.39, 0.29) is 0 Å². The molecule has 2 bridgehead atoms. The van der Waals surface area contributed by atoms with Crippen LogP contribution in [-0.2, 0) is 0 Å². The Morgan fingerprint density at radius 1 is 1.33 bits per heavy atom. The van der Waals surface area contributed by atoms with Crippen molar-refractivity contribution in [1.82, 2.24) is 0 Å². The second-order valence-electron chi connectivity index (χ2n) is 3.70. The van der Waals surface area contributed by atoms with Crippen LogP contribution in [0.4, 0.5) is 0 Å². The summed E-state index contributed by atoms with van der Waals surface area (Å²) in [6.45, 7) is 4.68. The quantitative estimate of drug-likeness (QED) is 0.433. The summed E-state index contributed by atoms with van der Waals surface area (Å²) in [5.41, 5.74) is 3.48. The van der Waals surface area contributed by atoms with Crippen molar-refractivity contribution in [1.29, 1.82) is 0 Å². The monoisotopic (exact) mass is 122 g/mol. The Morgan fingerprint density at radius 3 is 2.33 bits per heavy atom. The van der Waals surface area contributed by atoms with E-state index in [1.54, 1.807) is 11.1 Å². The van der Waals surface area contributed by atoms with Gasteiger partial charge >= 0.3 is 0 Å². The van der Waals surface area contributed by atoms with Gasteiger partial charge in [0.05, 0.1) is 0 Å².